The summed E-state index contributed by atoms with van der Waals surface area (Å²) in [6, 6.07) is 1.91. The Morgan fingerprint density at radius 3 is 2.21 bits per heavy atom. The van der Waals surface area contributed by atoms with Crippen LogP contribution in [-0.4, -0.2) is 39.6 Å². The summed E-state index contributed by atoms with van der Waals surface area (Å²) in [5, 5.41) is 7.39. The van der Waals surface area contributed by atoms with Crippen LogP contribution in [0, 0.1) is 0 Å². The smallest absolute Gasteiger partial charge is 0.245 e. The minimum atomic E-state index is -0.171. The first-order chi connectivity index (χ1) is 13.7. The van der Waals surface area contributed by atoms with Crippen molar-refractivity contribution in [1.29, 1.82) is 0 Å². The zero-order valence-electron chi connectivity index (χ0n) is 19.5. The van der Waals surface area contributed by atoms with Crippen LogP contribution in [0.3, 0.4) is 0 Å². The van der Waals surface area contributed by atoms with Crippen LogP contribution in [0.5, 0.6) is 0 Å². The Morgan fingerprint density at radius 2 is 1.66 bits per heavy atom. The molecule has 166 valence electrons. The summed E-state index contributed by atoms with van der Waals surface area (Å²) < 4.78 is 1.68. The second-order valence-corrected chi connectivity index (χ2v) is 9.02. The van der Waals surface area contributed by atoms with E-state index in [0.29, 0.717) is 18.8 Å². The zero-order chi connectivity index (χ0) is 21.9. The van der Waals surface area contributed by atoms with Gasteiger partial charge in [-0.2, -0.15) is 5.10 Å². The fourth-order valence-electron chi connectivity index (χ4n) is 3.26. The monoisotopic (exact) mass is 406 g/mol. The van der Waals surface area contributed by atoms with Gasteiger partial charge in [0.15, 0.2) is 0 Å². The lowest BCUT2D eigenvalue weighted by Gasteiger charge is -2.21. The van der Waals surface area contributed by atoms with E-state index in [-0.39, 0.29) is 23.8 Å². The van der Waals surface area contributed by atoms with E-state index in [9.17, 15) is 9.59 Å². The van der Waals surface area contributed by atoms with Crippen molar-refractivity contribution in [3.05, 3.63) is 11.8 Å². The first-order valence-electron chi connectivity index (χ1n) is 11.3. The standard InChI is InChI=1S/C23H42N4O2/c1-7-9-10-11-12-13-14-15-22(29)27(16-8-2)18-21(28)24-20-17-19(23(3,4)5)25-26(20)6/h17H,7-16,18H2,1-6H3,(H,24,28). The second kappa shape index (κ2) is 12.7. The molecule has 1 N–H and O–H groups in total. The average molecular weight is 407 g/mol. The zero-order valence-corrected chi connectivity index (χ0v) is 19.5. The molecule has 0 aliphatic rings. The number of anilines is 1. The lowest BCUT2D eigenvalue weighted by atomic mass is 9.92. The van der Waals surface area contributed by atoms with Crippen LogP contribution in [-0.2, 0) is 22.1 Å². The maximum atomic E-state index is 12.6. The molecule has 0 aliphatic carbocycles. The number of rotatable bonds is 13. The predicted octanol–water partition coefficient (Wildman–Crippen LogP) is 5.04. The van der Waals surface area contributed by atoms with Crippen molar-refractivity contribution in [3.63, 3.8) is 0 Å². The van der Waals surface area contributed by atoms with Gasteiger partial charge in [-0.1, -0.05) is 73.1 Å². The SMILES string of the molecule is CCCCCCCCCC(=O)N(CCC)CC(=O)Nc1cc(C(C)(C)C)nn1C. The molecular weight excluding hydrogens is 364 g/mol. The molecule has 0 fully saturated rings. The molecule has 0 atom stereocenters. The van der Waals surface area contributed by atoms with Crippen LogP contribution in [0.2, 0.25) is 0 Å². The number of hydrogen-bond acceptors (Lipinski definition) is 3. The first kappa shape index (κ1) is 25.2. The minimum Gasteiger partial charge on any atom is -0.333 e. The molecule has 1 rings (SSSR count). The molecule has 0 aliphatic heterocycles. The van der Waals surface area contributed by atoms with E-state index in [0.717, 1.165) is 25.0 Å². The van der Waals surface area contributed by atoms with Crippen LogP contribution in [0.1, 0.15) is 98.1 Å². The van der Waals surface area contributed by atoms with Crippen LogP contribution >= 0.6 is 0 Å². The Labute approximate surface area is 177 Å². The Kier molecular flexibility index (Phi) is 11.0. The van der Waals surface area contributed by atoms with Gasteiger partial charge in [0, 0.05) is 31.5 Å². The van der Waals surface area contributed by atoms with Crippen molar-refractivity contribution < 1.29 is 9.59 Å². The van der Waals surface area contributed by atoms with Gasteiger partial charge in [0.2, 0.25) is 11.8 Å². The predicted molar refractivity (Wildman–Crippen MR) is 120 cm³/mol. The Bertz CT molecular complexity index is 631. The number of nitrogens with one attached hydrogen (secondary N) is 1. The van der Waals surface area contributed by atoms with Crippen LogP contribution in [0.15, 0.2) is 6.07 Å². The van der Waals surface area contributed by atoms with Gasteiger partial charge >= 0.3 is 0 Å². The summed E-state index contributed by atoms with van der Waals surface area (Å²) in [6.45, 7) is 11.2. The summed E-state index contributed by atoms with van der Waals surface area (Å²) in [4.78, 5) is 26.8. The molecule has 1 aromatic heterocycles. The van der Waals surface area contributed by atoms with Gasteiger partial charge in [0.05, 0.1) is 12.2 Å². The Hall–Kier alpha value is -1.85. The summed E-state index contributed by atoms with van der Waals surface area (Å²) in [6.07, 6.45) is 9.65. The average Bonchev–Trinajstić information content (AvgIpc) is 3.01. The third-order valence-electron chi connectivity index (χ3n) is 5.09. The fourth-order valence-corrected chi connectivity index (χ4v) is 3.26. The molecular formula is C23H42N4O2. The lowest BCUT2D eigenvalue weighted by molar-refractivity contribution is -0.134. The van der Waals surface area contributed by atoms with Gasteiger partial charge in [0.1, 0.15) is 5.82 Å². The van der Waals surface area contributed by atoms with Gasteiger partial charge < -0.3 is 10.2 Å². The van der Waals surface area contributed by atoms with E-state index in [2.05, 4.69) is 38.1 Å². The lowest BCUT2D eigenvalue weighted by Crippen LogP contribution is -2.38. The molecule has 29 heavy (non-hydrogen) atoms. The number of nitrogens with zero attached hydrogens (tertiary/aromatic N) is 3. The number of carbonyl (C=O) groups excluding carboxylic acids is 2. The first-order valence-corrected chi connectivity index (χ1v) is 11.3. The minimum absolute atomic E-state index is 0.0796. The molecule has 6 heteroatoms. The molecule has 2 amide bonds. The topological polar surface area (TPSA) is 67.2 Å². The van der Waals surface area contributed by atoms with Crippen molar-refractivity contribution in [1.82, 2.24) is 14.7 Å². The fraction of sp³-hybridized carbons (Fsp3) is 0.783. The number of amides is 2. The molecule has 6 nitrogen and oxygen atoms in total. The Balaban J connectivity index is 2.50. The molecule has 0 radical (unpaired) electrons. The van der Waals surface area contributed by atoms with E-state index in [1.165, 1.54) is 32.1 Å². The van der Waals surface area contributed by atoms with Gasteiger partial charge in [-0.25, -0.2) is 0 Å². The second-order valence-electron chi connectivity index (χ2n) is 9.02. The normalized spacial score (nSPS) is 11.5. The molecule has 0 saturated heterocycles. The van der Waals surface area contributed by atoms with Crippen molar-refractivity contribution in [2.24, 2.45) is 7.05 Å². The maximum Gasteiger partial charge on any atom is 0.245 e. The largest absolute Gasteiger partial charge is 0.333 e. The van der Waals surface area contributed by atoms with Gasteiger partial charge in [-0.15, -0.1) is 0 Å². The maximum absolute atomic E-state index is 12.6. The van der Waals surface area contributed by atoms with Gasteiger partial charge in [-0.3, -0.25) is 14.3 Å². The van der Waals surface area contributed by atoms with Crippen molar-refractivity contribution >= 4 is 17.6 Å². The number of hydrogen-bond donors (Lipinski definition) is 1. The highest BCUT2D eigenvalue weighted by atomic mass is 16.2. The third kappa shape index (κ3) is 9.46. The highest BCUT2D eigenvalue weighted by Gasteiger charge is 2.21. The number of aryl methyl sites for hydroxylation is 1. The highest BCUT2D eigenvalue weighted by Crippen LogP contribution is 2.23. The number of unbranched alkanes of at least 4 members (excludes halogenated alkanes) is 6. The molecule has 1 aromatic rings. The van der Waals surface area contributed by atoms with Crippen LogP contribution in [0.4, 0.5) is 5.82 Å². The van der Waals surface area contributed by atoms with Crippen molar-refractivity contribution in [2.75, 3.05) is 18.4 Å². The quantitative estimate of drug-likeness (QED) is 0.467. The molecule has 0 saturated carbocycles. The molecule has 1 heterocycles. The van der Waals surface area contributed by atoms with E-state index < -0.39 is 0 Å². The summed E-state index contributed by atoms with van der Waals surface area (Å²) in [5.41, 5.74) is 0.845. The highest BCUT2D eigenvalue weighted by molar-refractivity contribution is 5.94. The molecule has 0 unspecified atom stereocenters. The number of carbonyl (C=O) groups is 2. The summed E-state index contributed by atoms with van der Waals surface area (Å²) in [5.74, 6) is 0.571. The molecule has 0 aromatic carbocycles. The summed E-state index contributed by atoms with van der Waals surface area (Å²) in [7, 11) is 1.82. The number of aromatic nitrogens is 2. The molecule has 0 spiro atoms. The van der Waals surface area contributed by atoms with E-state index in [4.69, 9.17) is 0 Å². The van der Waals surface area contributed by atoms with Crippen molar-refractivity contribution in [2.45, 2.75) is 97.8 Å². The van der Waals surface area contributed by atoms with E-state index in [1.54, 1.807) is 9.58 Å². The van der Waals surface area contributed by atoms with Crippen molar-refractivity contribution in [3.8, 4) is 0 Å². The Morgan fingerprint density at radius 1 is 1.03 bits per heavy atom. The van der Waals surface area contributed by atoms with Gasteiger partial charge in [0.25, 0.3) is 0 Å². The van der Waals surface area contributed by atoms with E-state index in [1.807, 2.05) is 20.0 Å². The van der Waals surface area contributed by atoms with Crippen LogP contribution in [0.25, 0.3) is 0 Å². The van der Waals surface area contributed by atoms with Gasteiger partial charge in [-0.05, 0) is 12.8 Å². The van der Waals surface area contributed by atoms with E-state index >= 15 is 0 Å². The van der Waals surface area contributed by atoms with Crippen LogP contribution < -0.4 is 5.32 Å². The summed E-state index contributed by atoms with van der Waals surface area (Å²) >= 11 is 0. The third-order valence-corrected chi connectivity index (χ3v) is 5.09. The molecule has 0 bridgehead atoms.